The second-order valence-corrected chi connectivity index (χ2v) is 11.4. The van der Waals surface area contributed by atoms with E-state index in [1.807, 2.05) is 42.5 Å². The molecule has 0 unspecified atom stereocenters. The van der Waals surface area contributed by atoms with Crippen LogP contribution in [0.4, 0.5) is 0 Å². The zero-order valence-electron chi connectivity index (χ0n) is 22.8. The van der Waals surface area contributed by atoms with Crippen LogP contribution in [-0.2, 0) is 6.61 Å². The van der Waals surface area contributed by atoms with Gasteiger partial charge in [0, 0.05) is 16.9 Å². The number of carbonyl (C=O) groups is 1. The molecule has 0 bridgehead atoms. The standard InChI is InChI=1S/C33H26Cl2IN3O3/c1-21-8-15-30(24-6-4-3-5-7-24)39(21)26-12-10-25(11-13-26)33(40)38-37-19-23-17-29(36)32(31(18-23)41-2)42-20-22-9-14-27(34)28(35)16-22/h3-19H,20H2,1-2H3,(H,38,40)/b37-19+. The van der Waals surface area contributed by atoms with Gasteiger partial charge in [0.15, 0.2) is 11.5 Å². The Bertz CT molecular complexity index is 1750. The van der Waals surface area contributed by atoms with E-state index in [4.69, 9.17) is 32.7 Å². The number of hydrogen-bond donors (Lipinski definition) is 1. The molecule has 0 aliphatic heterocycles. The monoisotopic (exact) mass is 709 g/mol. The second kappa shape index (κ2) is 13.5. The van der Waals surface area contributed by atoms with Gasteiger partial charge in [0.2, 0.25) is 0 Å². The minimum atomic E-state index is -0.312. The summed E-state index contributed by atoms with van der Waals surface area (Å²) in [5.74, 6) is 0.827. The molecule has 0 radical (unpaired) electrons. The molecule has 1 amide bonds. The van der Waals surface area contributed by atoms with Crippen molar-refractivity contribution < 1.29 is 14.3 Å². The van der Waals surface area contributed by atoms with Gasteiger partial charge in [-0.3, -0.25) is 4.79 Å². The SMILES string of the molecule is COc1cc(/C=N/NC(=O)c2ccc(-n3c(C)ccc3-c3ccccc3)cc2)cc(I)c1OCc1ccc(Cl)c(Cl)c1. The minimum Gasteiger partial charge on any atom is -0.493 e. The van der Waals surface area contributed by atoms with E-state index in [9.17, 15) is 4.79 Å². The molecular weight excluding hydrogens is 684 g/mol. The van der Waals surface area contributed by atoms with Crippen LogP contribution in [-0.4, -0.2) is 23.8 Å². The molecule has 0 fully saturated rings. The van der Waals surface area contributed by atoms with Crippen LogP contribution >= 0.6 is 45.8 Å². The van der Waals surface area contributed by atoms with Crippen molar-refractivity contribution >= 4 is 57.9 Å². The Kier molecular flexibility index (Phi) is 9.51. The summed E-state index contributed by atoms with van der Waals surface area (Å²) >= 11 is 14.3. The zero-order chi connectivity index (χ0) is 29.6. The number of rotatable bonds is 9. The molecule has 6 nitrogen and oxygen atoms in total. The molecule has 0 aliphatic carbocycles. The van der Waals surface area contributed by atoms with E-state index in [-0.39, 0.29) is 5.91 Å². The van der Waals surface area contributed by atoms with Crippen molar-refractivity contribution in [2.75, 3.05) is 7.11 Å². The zero-order valence-corrected chi connectivity index (χ0v) is 26.4. The summed E-state index contributed by atoms with van der Waals surface area (Å²) in [4.78, 5) is 12.8. The maximum atomic E-state index is 12.8. The van der Waals surface area contributed by atoms with Gasteiger partial charge in [-0.2, -0.15) is 5.10 Å². The Morgan fingerprint density at radius 3 is 2.43 bits per heavy atom. The van der Waals surface area contributed by atoms with Gasteiger partial charge < -0.3 is 14.0 Å². The van der Waals surface area contributed by atoms with E-state index in [0.717, 1.165) is 37.3 Å². The van der Waals surface area contributed by atoms with E-state index >= 15 is 0 Å². The third kappa shape index (κ3) is 6.81. The summed E-state index contributed by atoms with van der Waals surface area (Å²) in [6.45, 7) is 2.36. The summed E-state index contributed by atoms with van der Waals surface area (Å²) in [6, 6.07) is 30.9. The topological polar surface area (TPSA) is 64.8 Å². The number of ether oxygens (including phenoxy) is 2. The molecule has 4 aromatic carbocycles. The van der Waals surface area contributed by atoms with Crippen LogP contribution in [0.25, 0.3) is 16.9 Å². The lowest BCUT2D eigenvalue weighted by atomic mass is 10.1. The molecule has 1 aromatic heterocycles. The lowest BCUT2D eigenvalue weighted by Crippen LogP contribution is -2.17. The van der Waals surface area contributed by atoms with E-state index in [1.54, 1.807) is 43.7 Å². The lowest BCUT2D eigenvalue weighted by Gasteiger charge is -2.14. The van der Waals surface area contributed by atoms with E-state index in [0.29, 0.717) is 33.7 Å². The van der Waals surface area contributed by atoms with Gasteiger partial charge in [-0.15, -0.1) is 0 Å². The molecule has 212 valence electrons. The maximum absolute atomic E-state index is 12.8. The largest absolute Gasteiger partial charge is 0.493 e. The van der Waals surface area contributed by atoms with Gasteiger partial charge in [0.25, 0.3) is 5.91 Å². The molecule has 0 saturated heterocycles. The molecule has 1 N–H and O–H groups in total. The van der Waals surface area contributed by atoms with Gasteiger partial charge in [-0.05, 0) is 107 Å². The first kappa shape index (κ1) is 29.7. The van der Waals surface area contributed by atoms with Crippen LogP contribution in [0.5, 0.6) is 11.5 Å². The van der Waals surface area contributed by atoms with Gasteiger partial charge in [0.05, 0.1) is 32.6 Å². The number of nitrogens with one attached hydrogen (secondary N) is 1. The second-order valence-electron chi connectivity index (χ2n) is 9.38. The van der Waals surface area contributed by atoms with Crippen molar-refractivity contribution in [1.29, 1.82) is 0 Å². The fourth-order valence-corrected chi connectivity index (χ4v) is 5.55. The fourth-order valence-electron chi connectivity index (χ4n) is 4.45. The number of aromatic nitrogens is 1. The highest BCUT2D eigenvalue weighted by molar-refractivity contribution is 14.1. The summed E-state index contributed by atoms with van der Waals surface area (Å²) in [5, 5.41) is 5.12. The number of nitrogens with zero attached hydrogens (tertiary/aromatic N) is 2. The minimum absolute atomic E-state index is 0.295. The number of halogens is 3. The number of methoxy groups -OCH3 is 1. The molecule has 1 heterocycles. The third-order valence-electron chi connectivity index (χ3n) is 6.53. The van der Waals surface area contributed by atoms with Crippen LogP contribution in [0.2, 0.25) is 10.0 Å². The highest BCUT2D eigenvalue weighted by Gasteiger charge is 2.13. The third-order valence-corrected chi connectivity index (χ3v) is 8.07. The Balaban J connectivity index is 1.25. The van der Waals surface area contributed by atoms with Crippen LogP contribution < -0.4 is 14.9 Å². The van der Waals surface area contributed by atoms with Crippen molar-refractivity contribution in [2.45, 2.75) is 13.5 Å². The first-order valence-electron chi connectivity index (χ1n) is 13.0. The predicted molar refractivity (Wildman–Crippen MR) is 178 cm³/mol. The van der Waals surface area contributed by atoms with Crippen molar-refractivity contribution in [3.8, 4) is 28.4 Å². The number of hydrazone groups is 1. The van der Waals surface area contributed by atoms with Crippen molar-refractivity contribution in [2.24, 2.45) is 5.10 Å². The van der Waals surface area contributed by atoms with Crippen LogP contribution in [0.1, 0.15) is 27.2 Å². The van der Waals surface area contributed by atoms with Gasteiger partial charge in [-0.25, -0.2) is 5.43 Å². The van der Waals surface area contributed by atoms with Crippen LogP contribution in [0, 0.1) is 10.5 Å². The molecular formula is C33H26Cl2IN3O3. The first-order chi connectivity index (χ1) is 20.3. The Morgan fingerprint density at radius 1 is 0.952 bits per heavy atom. The average Bonchev–Trinajstić information content (AvgIpc) is 3.39. The Morgan fingerprint density at radius 2 is 1.71 bits per heavy atom. The maximum Gasteiger partial charge on any atom is 0.271 e. The van der Waals surface area contributed by atoms with E-state index < -0.39 is 0 Å². The number of hydrogen-bond acceptors (Lipinski definition) is 4. The predicted octanol–water partition coefficient (Wildman–Crippen LogP) is 8.72. The average molecular weight is 710 g/mol. The smallest absolute Gasteiger partial charge is 0.271 e. The highest BCUT2D eigenvalue weighted by atomic mass is 127. The van der Waals surface area contributed by atoms with Crippen molar-refractivity contribution in [3.05, 3.63) is 133 Å². The van der Waals surface area contributed by atoms with E-state index in [1.165, 1.54) is 0 Å². The van der Waals surface area contributed by atoms with E-state index in [2.05, 4.69) is 68.9 Å². The molecule has 0 aliphatic rings. The number of benzene rings is 4. The summed E-state index contributed by atoms with van der Waals surface area (Å²) < 4.78 is 14.6. The fraction of sp³-hybridized carbons (Fsp3) is 0.0909. The summed E-state index contributed by atoms with van der Waals surface area (Å²) in [7, 11) is 1.57. The van der Waals surface area contributed by atoms with Crippen molar-refractivity contribution in [3.63, 3.8) is 0 Å². The van der Waals surface area contributed by atoms with Gasteiger partial charge in [-0.1, -0.05) is 59.6 Å². The normalized spacial score (nSPS) is 11.1. The van der Waals surface area contributed by atoms with Crippen molar-refractivity contribution in [1.82, 2.24) is 9.99 Å². The number of aryl methyl sites for hydroxylation is 1. The van der Waals surface area contributed by atoms with Gasteiger partial charge in [0.1, 0.15) is 6.61 Å². The van der Waals surface area contributed by atoms with Gasteiger partial charge >= 0.3 is 0 Å². The van der Waals surface area contributed by atoms with Crippen LogP contribution in [0.15, 0.2) is 102 Å². The molecule has 9 heteroatoms. The first-order valence-corrected chi connectivity index (χ1v) is 14.8. The Labute approximate surface area is 268 Å². The Hall–Kier alpha value is -3.79. The summed E-state index contributed by atoms with van der Waals surface area (Å²) in [6.07, 6.45) is 1.56. The molecule has 0 spiro atoms. The number of amides is 1. The molecule has 0 saturated carbocycles. The molecule has 0 atom stereocenters. The lowest BCUT2D eigenvalue weighted by molar-refractivity contribution is 0.0955. The number of carbonyl (C=O) groups excluding carboxylic acids is 1. The highest BCUT2D eigenvalue weighted by Crippen LogP contribution is 2.34. The molecule has 42 heavy (non-hydrogen) atoms. The van der Waals surface area contributed by atoms with Crippen LogP contribution in [0.3, 0.4) is 0 Å². The molecule has 5 rings (SSSR count). The quantitative estimate of drug-likeness (QED) is 0.0946. The summed E-state index contributed by atoms with van der Waals surface area (Å²) in [5.41, 5.74) is 9.01. The molecule has 5 aromatic rings.